The van der Waals surface area contributed by atoms with Gasteiger partial charge in [0, 0.05) is 20.1 Å². The highest BCUT2D eigenvalue weighted by Gasteiger charge is 2.37. The van der Waals surface area contributed by atoms with Gasteiger partial charge >= 0.3 is 0 Å². The van der Waals surface area contributed by atoms with Crippen LogP contribution in [0, 0.1) is 0 Å². The highest BCUT2D eigenvalue weighted by molar-refractivity contribution is 9.10. The van der Waals surface area contributed by atoms with Gasteiger partial charge < -0.3 is 20.1 Å². The number of amides is 2. The lowest BCUT2D eigenvalue weighted by Crippen LogP contribution is -2.61. The minimum absolute atomic E-state index is 0.240. The van der Waals surface area contributed by atoms with Gasteiger partial charge in [0.05, 0.1) is 12.2 Å². The van der Waals surface area contributed by atoms with Gasteiger partial charge in [-0.1, -0.05) is 31.9 Å². The highest BCUT2D eigenvalue weighted by Crippen LogP contribution is 2.19. The van der Waals surface area contributed by atoms with E-state index in [4.69, 9.17) is 9.47 Å². The Labute approximate surface area is 180 Å². The third-order valence-electron chi connectivity index (χ3n) is 4.42. The molecule has 0 aromatic heterocycles. The number of carbonyl (C=O) groups excluding carboxylic acids is 2. The molecule has 0 spiro atoms. The maximum absolute atomic E-state index is 12.6. The molecule has 4 atom stereocenters. The number of nitrogens with one attached hydrogen (secondary N) is 2. The first-order chi connectivity index (χ1) is 13.3. The fourth-order valence-corrected chi connectivity index (χ4v) is 3.20. The molecule has 0 aliphatic carbocycles. The lowest BCUT2D eigenvalue weighted by molar-refractivity contribution is -0.220. The van der Waals surface area contributed by atoms with Crippen LogP contribution in [0.3, 0.4) is 0 Å². The number of ether oxygens (including phenoxy) is 2. The predicted molar refractivity (Wildman–Crippen MR) is 112 cm³/mol. The van der Waals surface area contributed by atoms with E-state index < -0.39 is 12.5 Å². The van der Waals surface area contributed by atoms with Crippen LogP contribution in [0.5, 0.6) is 0 Å². The summed E-state index contributed by atoms with van der Waals surface area (Å²) in [7, 11) is 0. The summed E-state index contributed by atoms with van der Waals surface area (Å²) in [4.78, 5) is 25.1. The summed E-state index contributed by atoms with van der Waals surface area (Å²) < 4.78 is 13.5. The Morgan fingerprint density at radius 2 is 1.04 bits per heavy atom. The number of benzene rings is 2. The molecule has 8 heteroatoms. The van der Waals surface area contributed by atoms with Crippen molar-refractivity contribution in [2.45, 2.75) is 38.5 Å². The van der Waals surface area contributed by atoms with Gasteiger partial charge in [-0.2, -0.15) is 0 Å². The normalized spacial score (nSPS) is 24.4. The highest BCUT2D eigenvalue weighted by atomic mass is 79.9. The molecular weight excluding hydrogens is 492 g/mol. The van der Waals surface area contributed by atoms with Crippen LogP contribution in [0.4, 0.5) is 0 Å². The molecule has 3 rings (SSSR count). The van der Waals surface area contributed by atoms with Crippen LogP contribution in [0.2, 0.25) is 0 Å². The largest absolute Gasteiger partial charge is 0.348 e. The molecule has 1 aliphatic heterocycles. The number of hydrogen-bond acceptors (Lipinski definition) is 4. The summed E-state index contributed by atoms with van der Waals surface area (Å²) in [6, 6.07) is 13.9. The summed E-state index contributed by atoms with van der Waals surface area (Å²) in [5.41, 5.74) is 0.965. The second kappa shape index (κ2) is 9.17. The van der Waals surface area contributed by atoms with E-state index >= 15 is 0 Å². The lowest BCUT2D eigenvalue weighted by atomic mass is 10.2. The number of carbonyl (C=O) groups is 2. The second-order valence-electron chi connectivity index (χ2n) is 6.48. The summed E-state index contributed by atoms with van der Waals surface area (Å²) in [5, 5.41) is 5.60. The van der Waals surface area contributed by atoms with Crippen molar-refractivity contribution in [1.82, 2.24) is 10.6 Å². The minimum atomic E-state index is -0.818. The zero-order valence-electron chi connectivity index (χ0n) is 15.3. The monoisotopic (exact) mass is 510 g/mol. The molecule has 1 aliphatic rings. The lowest BCUT2D eigenvalue weighted by Gasteiger charge is -2.39. The maximum Gasteiger partial charge on any atom is 0.253 e. The molecule has 0 saturated carbocycles. The topological polar surface area (TPSA) is 76.7 Å². The first-order valence-corrected chi connectivity index (χ1v) is 10.4. The molecule has 148 valence electrons. The van der Waals surface area contributed by atoms with Crippen molar-refractivity contribution in [3.63, 3.8) is 0 Å². The molecule has 2 amide bonds. The van der Waals surface area contributed by atoms with Crippen LogP contribution in [-0.2, 0) is 9.47 Å². The van der Waals surface area contributed by atoms with Crippen LogP contribution in [0.25, 0.3) is 0 Å². The predicted octanol–water partition coefficient (Wildman–Crippen LogP) is 3.85. The van der Waals surface area contributed by atoms with Gasteiger partial charge in [-0.25, -0.2) is 0 Å². The molecule has 0 unspecified atom stereocenters. The molecule has 0 radical (unpaired) electrons. The van der Waals surface area contributed by atoms with Crippen molar-refractivity contribution >= 4 is 43.7 Å². The van der Waals surface area contributed by atoms with Crippen LogP contribution in [0.1, 0.15) is 34.6 Å². The molecule has 1 saturated heterocycles. The molecule has 2 aromatic rings. The average Bonchev–Trinajstić information content (AvgIpc) is 2.66. The van der Waals surface area contributed by atoms with E-state index in [1.807, 2.05) is 13.8 Å². The molecule has 1 heterocycles. The minimum Gasteiger partial charge on any atom is -0.348 e. The maximum atomic E-state index is 12.6. The Balaban J connectivity index is 1.72. The summed E-state index contributed by atoms with van der Waals surface area (Å²) in [6.45, 7) is 3.71. The molecular formula is C20H20Br2N2O4. The van der Waals surface area contributed by atoms with E-state index in [0.29, 0.717) is 11.1 Å². The Morgan fingerprint density at radius 1 is 0.714 bits per heavy atom. The summed E-state index contributed by atoms with van der Waals surface area (Å²) in [5.74, 6) is -0.628. The number of rotatable bonds is 4. The van der Waals surface area contributed by atoms with Gasteiger partial charge in [-0.15, -0.1) is 0 Å². The Bertz CT molecular complexity index is 771. The van der Waals surface area contributed by atoms with Crippen LogP contribution < -0.4 is 10.6 Å². The first kappa shape index (κ1) is 21.0. The van der Waals surface area contributed by atoms with Gasteiger partial charge in [-0.3, -0.25) is 9.59 Å². The smallest absolute Gasteiger partial charge is 0.253 e. The summed E-state index contributed by atoms with van der Waals surface area (Å²) in [6.07, 6.45) is -2.12. The average molecular weight is 512 g/mol. The van der Waals surface area contributed by atoms with Gasteiger partial charge in [0.1, 0.15) is 0 Å². The molecule has 1 fully saturated rings. The van der Waals surface area contributed by atoms with Gasteiger partial charge in [0.2, 0.25) is 0 Å². The Morgan fingerprint density at radius 3 is 1.36 bits per heavy atom. The standard InChI is InChI=1S/C20H20Br2N2O4/c1-11-12(2)28-20(24-18(26)14-5-9-16(22)10-6-14)19(27-11)23-17(25)13-3-7-15(21)8-4-13/h3-12,19-20H,1-2H3,(H,23,25)(H,24,26)/t11-,12-,19-,20+/m1/s1. The molecule has 2 aromatic carbocycles. The third-order valence-corrected chi connectivity index (χ3v) is 5.48. The van der Waals surface area contributed by atoms with Gasteiger partial charge in [-0.05, 0) is 62.4 Å². The van der Waals surface area contributed by atoms with Crippen LogP contribution in [0.15, 0.2) is 57.5 Å². The first-order valence-electron chi connectivity index (χ1n) is 8.77. The van der Waals surface area contributed by atoms with E-state index in [-0.39, 0.29) is 24.0 Å². The van der Waals surface area contributed by atoms with E-state index in [9.17, 15) is 9.59 Å². The van der Waals surface area contributed by atoms with E-state index in [1.165, 1.54) is 0 Å². The van der Waals surface area contributed by atoms with Crippen molar-refractivity contribution in [3.05, 3.63) is 68.6 Å². The van der Waals surface area contributed by atoms with Crippen molar-refractivity contribution in [1.29, 1.82) is 0 Å². The quantitative estimate of drug-likeness (QED) is 0.653. The fourth-order valence-electron chi connectivity index (χ4n) is 2.67. The Hall–Kier alpha value is -1.74. The molecule has 0 bridgehead atoms. The molecule has 28 heavy (non-hydrogen) atoms. The van der Waals surface area contributed by atoms with Gasteiger partial charge in [0.25, 0.3) is 11.8 Å². The van der Waals surface area contributed by atoms with Gasteiger partial charge in [0.15, 0.2) is 12.5 Å². The van der Waals surface area contributed by atoms with E-state index in [1.54, 1.807) is 48.5 Å². The molecule has 6 nitrogen and oxygen atoms in total. The molecule has 2 N–H and O–H groups in total. The van der Waals surface area contributed by atoms with Crippen molar-refractivity contribution in [2.24, 2.45) is 0 Å². The van der Waals surface area contributed by atoms with E-state index in [0.717, 1.165) is 8.95 Å². The number of halogens is 2. The third kappa shape index (κ3) is 5.20. The van der Waals surface area contributed by atoms with Crippen LogP contribution in [-0.4, -0.2) is 36.5 Å². The van der Waals surface area contributed by atoms with Crippen molar-refractivity contribution in [2.75, 3.05) is 0 Å². The van der Waals surface area contributed by atoms with Crippen LogP contribution >= 0.6 is 31.9 Å². The zero-order chi connectivity index (χ0) is 20.3. The fraction of sp³-hybridized carbons (Fsp3) is 0.300. The number of hydrogen-bond donors (Lipinski definition) is 2. The van der Waals surface area contributed by atoms with E-state index in [2.05, 4.69) is 42.5 Å². The SMILES string of the molecule is C[C@H]1O[C@@H](NC(=O)c2ccc(Br)cc2)[C@@H](NC(=O)c2ccc(Br)cc2)O[C@@H]1C. The second-order valence-corrected chi connectivity index (χ2v) is 8.32. The van der Waals surface area contributed by atoms with Crippen molar-refractivity contribution in [3.8, 4) is 0 Å². The summed E-state index contributed by atoms with van der Waals surface area (Å²) >= 11 is 6.69. The van der Waals surface area contributed by atoms with Crippen molar-refractivity contribution < 1.29 is 19.1 Å². The Kier molecular flexibility index (Phi) is 6.87. The zero-order valence-corrected chi connectivity index (χ0v) is 18.5.